The highest BCUT2D eigenvalue weighted by Gasteiger charge is 2.11. The van der Waals surface area contributed by atoms with Gasteiger partial charge in [0.15, 0.2) is 0 Å². The third kappa shape index (κ3) is 3.17. The molecule has 1 amide bonds. The van der Waals surface area contributed by atoms with E-state index >= 15 is 0 Å². The predicted octanol–water partition coefficient (Wildman–Crippen LogP) is 3.44. The van der Waals surface area contributed by atoms with Crippen LogP contribution >= 0.6 is 0 Å². The average Bonchev–Trinajstić information content (AvgIpc) is 3.17. The van der Waals surface area contributed by atoms with Crippen LogP contribution in [0.4, 0.5) is 5.69 Å². The van der Waals surface area contributed by atoms with Crippen molar-refractivity contribution >= 4 is 22.5 Å². The highest BCUT2D eigenvalue weighted by atomic mass is 16.1. The summed E-state index contributed by atoms with van der Waals surface area (Å²) in [6, 6.07) is 15.3. The largest absolute Gasteiger partial charge is 0.320 e. The number of aromatic nitrogens is 4. The van der Waals surface area contributed by atoms with Crippen LogP contribution in [0.3, 0.4) is 0 Å². The number of aryl methyl sites for hydroxylation is 1. The van der Waals surface area contributed by atoms with Gasteiger partial charge in [0.25, 0.3) is 5.91 Å². The summed E-state index contributed by atoms with van der Waals surface area (Å²) >= 11 is 0. The lowest BCUT2D eigenvalue weighted by Gasteiger charge is -2.11. The summed E-state index contributed by atoms with van der Waals surface area (Å²) in [4.78, 5) is 21.0. The summed E-state index contributed by atoms with van der Waals surface area (Å²) in [5.41, 5.74) is 4.17. The van der Waals surface area contributed by atoms with Gasteiger partial charge in [-0.1, -0.05) is 30.3 Å². The van der Waals surface area contributed by atoms with Crippen molar-refractivity contribution in [1.29, 1.82) is 0 Å². The second-order valence-electron chi connectivity index (χ2n) is 6.08. The number of rotatable bonds is 4. The summed E-state index contributed by atoms with van der Waals surface area (Å²) in [5.74, 6) is -0.154. The van der Waals surface area contributed by atoms with Gasteiger partial charge in [-0.2, -0.15) is 5.10 Å². The normalized spacial score (nSPS) is 10.8. The Morgan fingerprint density at radius 1 is 1.12 bits per heavy atom. The Morgan fingerprint density at radius 2 is 1.96 bits per heavy atom. The van der Waals surface area contributed by atoms with E-state index in [1.165, 1.54) is 6.33 Å². The number of benzene rings is 2. The van der Waals surface area contributed by atoms with Crippen LogP contribution in [-0.2, 0) is 6.54 Å². The van der Waals surface area contributed by atoms with Crippen LogP contribution in [-0.4, -0.2) is 25.7 Å². The van der Waals surface area contributed by atoms with Gasteiger partial charge in [0.05, 0.1) is 17.7 Å². The molecule has 0 bridgehead atoms. The van der Waals surface area contributed by atoms with Crippen LogP contribution in [0.15, 0.2) is 67.4 Å². The monoisotopic (exact) mass is 343 g/mol. The Morgan fingerprint density at radius 3 is 2.73 bits per heavy atom. The number of carbonyl (C=O) groups excluding carboxylic acids is 1. The average molecular weight is 343 g/mol. The maximum Gasteiger partial charge on any atom is 0.255 e. The molecule has 0 saturated carbocycles. The number of amides is 1. The zero-order chi connectivity index (χ0) is 17.9. The molecule has 0 fully saturated rings. The van der Waals surface area contributed by atoms with E-state index in [0.29, 0.717) is 12.1 Å². The Hall–Kier alpha value is -3.54. The Labute approximate surface area is 150 Å². The molecule has 6 nitrogen and oxygen atoms in total. The zero-order valence-electron chi connectivity index (χ0n) is 14.3. The molecule has 128 valence electrons. The first-order valence-corrected chi connectivity index (χ1v) is 8.28. The van der Waals surface area contributed by atoms with E-state index in [2.05, 4.69) is 20.4 Å². The first-order chi connectivity index (χ1) is 12.7. The number of pyridine rings is 1. The van der Waals surface area contributed by atoms with Crippen molar-refractivity contribution in [2.75, 3.05) is 5.32 Å². The smallest absolute Gasteiger partial charge is 0.255 e. The quantitative estimate of drug-likeness (QED) is 0.616. The van der Waals surface area contributed by atoms with Gasteiger partial charge in [-0.15, -0.1) is 0 Å². The van der Waals surface area contributed by atoms with Gasteiger partial charge in [-0.25, -0.2) is 9.67 Å². The number of nitrogens with zero attached hydrogens (tertiary/aromatic N) is 4. The number of fused-ring (bicyclic) bond motifs is 1. The van der Waals surface area contributed by atoms with Crippen LogP contribution in [0, 0.1) is 6.92 Å². The van der Waals surface area contributed by atoms with Crippen molar-refractivity contribution in [2.45, 2.75) is 13.5 Å². The summed E-state index contributed by atoms with van der Waals surface area (Å²) in [7, 11) is 0. The van der Waals surface area contributed by atoms with Crippen molar-refractivity contribution in [3.05, 3.63) is 84.1 Å². The van der Waals surface area contributed by atoms with Gasteiger partial charge in [0, 0.05) is 17.1 Å². The van der Waals surface area contributed by atoms with Gasteiger partial charge in [0.2, 0.25) is 0 Å². The molecule has 2 heterocycles. The summed E-state index contributed by atoms with van der Waals surface area (Å²) in [6.07, 6.45) is 4.90. The fourth-order valence-electron chi connectivity index (χ4n) is 2.85. The molecule has 26 heavy (non-hydrogen) atoms. The summed E-state index contributed by atoms with van der Waals surface area (Å²) in [6.45, 7) is 2.58. The first kappa shape index (κ1) is 16.0. The third-order valence-electron chi connectivity index (χ3n) is 4.25. The van der Waals surface area contributed by atoms with E-state index in [1.54, 1.807) is 17.2 Å². The maximum absolute atomic E-state index is 12.7. The van der Waals surface area contributed by atoms with E-state index in [4.69, 9.17) is 0 Å². The lowest BCUT2D eigenvalue weighted by atomic mass is 10.1. The lowest BCUT2D eigenvalue weighted by Crippen LogP contribution is -2.13. The van der Waals surface area contributed by atoms with Gasteiger partial charge >= 0.3 is 0 Å². The second kappa shape index (κ2) is 6.76. The van der Waals surface area contributed by atoms with Crippen LogP contribution in [0.5, 0.6) is 0 Å². The van der Waals surface area contributed by atoms with Crippen molar-refractivity contribution in [2.24, 2.45) is 0 Å². The first-order valence-electron chi connectivity index (χ1n) is 8.28. The molecule has 6 heteroatoms. The molecule has 2 aromatic carbocycles. The van der Waals surface area contributed by atoms with Crippen LogP contribution in [0.1, 0.15) is 21.5 Å². The highest BCUT2D eigenvalue weighted by Crippen LogP contribution is 2.25. The van der Waals surface area contributed by atoms with Crippen molar-refractivity contribution in [1.82, 2.24) is 19.7 Å². The van der Waals surface area contributed by atoms with Gasteiger partial charge in [0.1, 0.15) is 12.7 Å². The van der Waals surface area contributed by atoms with Crippen molar-refractivity contribution in [3.63, 3.8) is 0 Å². The lowest BCUT2D eigenvalue weighted by molar-refractivity contribution is 0.102. The van der Waals surface area contributed by atoms with E-state index in [0.717, 1.165) is 27.7 Å². The zero-order valence-corrected chi connectivity index (χ0v) is 14.3. The SMILES string of the molecule is Cc1ccc2cccnc2c1NC(=O)c1ccc(Cn2cncn2)cc1. The molecule has 0 unspecified atom stereocenters. The number of anilines is 1. The van der Waals surface area contributed by atoms with E-state index in [-0.39, 0.29) is 5.91 Å². The minimum atomic E-state index is -0.154. The molecule has 0 atom stereocenters. The van der Waals surface area contributed by atoms with Crippen LogP contribution < -0.4 is 5.32 Å². The minimum absolute atomic E-state index is 0.154. The van der Waals surface area contributed by atoms with Crippen LogP contribution in [0.2, 0.25) is 0 Å². The van der Waals surface area contributed by atoms with Crippen molar-refractivity contribution < 1.29 is 4.79 Å². The number of hydrogen-bond donors (Lipinski definition) is 1. The third-order valence-corrected chi connectivity index (χ3v) is 4.25. The molecular formula is C20H17N5O. The van der Waals surface area contributed by atoms with Gasteiger partial charge < -0.3 is 5.32 Å². The highest BCUT2D eigenvalue weighted by molar-refractivity contribution is 6.09. The van der Waals surface area contributed by atoms with Crippen LogP contribution in [0.25, 0.3) is 10.9 Å². The summed E-state index contributed by atoms with van der Waals surface area (Å²) < 4.78 is 1.74. The molecule has 0 saturated heterocycles. The fraction of sp³-hybridized carbons (Fsp3) is 0.100. The molecule has 4 rings (SSSR count). The number of carbonyl (C=O) groups is 1. The minimum Gasteiger partial charge on any atom is -0.320 e. The van der Waals surface area contributed by atoms with E-state index in [1.807, 2.05) is 55.5 Å². The topological polar surface area (TPSA) is 72.7 Å². The Balaban J connectivity index is 1.56. The molecule has 0 spiro atoms. The Bertz CT molecular complexity index is 1060. The molecule has 2 aromatic heterocycles. The molecule has 1 N–H and O–H groups in total. The van der Waals surface area contributed by atoms with E-state index in [9.17, 15) is 4.79 Å². The second-order valence-corrected chi connectivity index (χ2v) is 6.08. The maximum atomic E-state index is 12.7. The molecule has 0 radical (unpaired) electrons. The molecule has 0 aliphatic rings. The van der Waals surface area contributed by atoms with Crippen molar-refractivity contribution in [3.8, 4) is 0 Å². The number of nitrogens with one attached hydrogen (secondary N) is 1. The molecule has 0 aliphatic heterocycles. The fourth-order valence-corrected chi connectivity index (χ4v) is 2.85. The van der Waals surface area contributed by atoms with Gasteiger partial charge in [-0.3, -0.25) is 9.78 Å². The number of hydrogen-bond acceptors (Lipinski definition) is 4. The van der Waals surface area contributed by atoms with Gasteiger partial charge in [-0.05, 0) is 36.2 Å². The Kier molecular flexibility index (Phi) is 4.15. The predicted molar refractivity (Wildman–Crippen MR) is 100.0 cm³/mol. The molecule has 4 aromatic rings. The van der Waals surface area contributed by atoms with E-state index < -0.39 is 0 Å². The summed E-state index contributed by atoms with van der Waals surface area (Å²) in [5, 5.41) is 8.09. The standard InChI is InChI=1S/C20H17N5O/c1-14-4-7-16-3-2-10-22-19(16)18(14)24-20(26)17-8-5-15(6-9-17)11-25-13-21-12-23-25/h2-10,12-13H,11H2,1H3,(H,24,26). The molecule has 0 aliphatic carbocycles. The molecular weight excluding hydrogens is 326 g/mol.